The van der Waals surface area contributed by atoms with Crippen molar-refractivity contribution in [3.63, 3.8) is 0 Å². The third-order valence-corrected chi connectivity index (χ3v) is 8.98. The van der Waals surface area contributed by atoms with E-state index in [0.29, 0.717) is 41.3 Å². The van der Waals surface area contributed by atoms with Crippen molar-refractivity contribution in [3.8, 4) is 11.3 Å². The van der Waals surface area contributed by atoms with Gasteiger partial charge >= 0.3 is 0 Å². The normalized spacial score (nSPS) is 14.9. The summed E-state index contributed by atoms with van der Waals surface area (Å²) in [6.07, 6.45) is 6.20. The number of nitrogens with zero attached hydrogens (tertiary/aromatic N) is 5. The number of nitrogens with one attached hydrogen (secondary N) is 1. The van der Waals surface area contributed by atoms with E-state index in [1.54, 1.807) is 11.9 Å². The van der Waals surface area contributed by atoms with Crippen molar-refractivity contribution < 1.29 is 14.3 Å². The maximum Gasteiger partial charge on any atom is 0.293 e. The quantitative estimate of drug-likeness (QED) is 0.271. The van der Waals surface area contributed by atoms with E-state index in [4.69, 9.17) is 0 Å². The van der Waals surface area contributed by atoms with E-state index in [2.05, 4.69) is 46.7 Å². The SMILES string of the molecule is CCCc1cc2n(c1CCC)CCN(c1cc(F)cc(-c3cn(C)c(=O)c(Nc4ccc5c(c4)CCN(C)C5)n3)c1CO)C2=O. The molecule has 2 aromatic carbocycles. The Kier molecular flexibility index (Phi) is 8.61. The van der Waals surface area contributed by atoms with E-state index in [0.717, 1.165) is 50.9 Å². The number of aromatic nitrogens is 3. The zero-order valence-electron chi connectivity index (χ0n) is 26.5. The Bertz CT molecular complexity index is 1830. The Labute approximate surface area is 262 Å². The zero-order valence-corrected chi connectivity index (χ0v) is 26.5. The number of aryl methyl sites for hydroxylation is 2. The molecule has 0 saturated carbocycles. The van der Waals surface area contributed by atoms with Gasteiger partial charge in [0.15, 0.2) is 5.82 Å². The second-order valence-electron chi connectivity index (χ2n) is 12.2. The second-order valence-corrected chi connectivity index (χ2v) is 12.2. The number of hydrogen-bond acceptors (Lipinski definition) is 6. The molecule has 2 aliphatic heterocycles. The summed E-state index contributed by atoms with van der Waals surface area (Å²) in [5.41, 5.74) is 7.19. The van der Waals surface area contributed by atoms with Crippen molar-refractivity contribution in [2.24, 2.45) is 7.05 Å². The summed E-state index contributed by atoms with van der Waals surface area (Å²) in [6, 6.07) is 10.6. The van der Waals surface area contributed by atoms with E-state index in [9.17, 15) is 14.7 Å². The maximum absolute atomic E-state index is 15.4. The van der Waals surface area contributed by atoms with Gasteiger partial charge in [0, 0.05) is 61.9 Å². The van der Waals surface area contributed by atoms with Crippen LogP contribution in [0.1, 0.15) is 65.1 Å². The number of halogens is 1. The minimum Gasteiger partial charge on any atom is -0.392 e. The molecule has 0 spiro atoms. The summed E-state index contributed by atoms with van der Waals surface area (Å²) in [4.78, 5) is 35.5. The molecule has 1 amide bonds. The van der Waals surface area contributed by atoms with E-state index in [-0.39, 0.29) is 17.3 Å². The molecule has 2 N–H and O–H groups in total. The topological polar surface area (TPSA) is 95.6 Å². The summed E-state index contributed by atoms with van der Waals surface area (Å²) in [5.74, 6) is -0.688. The smallest absolute Gasteiger partial charge is 0.293 e. The van der Waals surface area contributed by atoms with Crippen LogP contribution in [0.4, 0.5) is 21.6 Å². The molecule has 9 nitrogen and oxygen atoms in total. The Morgan fingerprint density at radius 3 is 2.53 bits per heavy atom. The lowest BCUT2D eigenvalue weighted by Gasteiger charge is -2.31. The highest BCUT2D eigenvalue weighted by Crippen LogP contribution is 2.35. The molecule has 0 bridgehead atoms. The number of aliphatic hydroxyl groups excluding tert-OH is 1. The number of benzene rings is 2. The first-order valence-electron chi connectivity index (χ1n) is 15.8. The zero-order chi connectivity index (χ0) is 31.8. The number of carbonyl (C=O) groups excluding carboxylic acids is 1. The molecule has 0 unspecified atom stereocenters. The van der Waals surface area contributed by atoms with Crippen molar-refractivity contribution in [1.29, 1.82) is 0 Å². The van der Waals surface area contributed by atoms with Crippen LogP contribution in [0.3, 0.4) is 0 Å². The molecule has 0 saturated heterocycles. The minimum atomic E-state index is -0.561. The van der Waals surface area contributed by atoms with Crippen LogP contribution in [0.2, 0.25) is 0 Å². The average Bonchev–Trinajstić information content (AvgIpc) is 3.37. The maximum atomic E-state index is 15.4. The molecule has 0 atom stereocenters. The Balaban J connectivity index is 1.38. The minimum absolute atomic E-state index is 0.0939. The van der Waals surface area contributed by atoms with Gasteiger partial charge < -0.3 is 29.4 Å². The van der Waals surface area contributed by atoms with E-state index < -0.39 is 12.4 Å². The number of amides is 1. The number of hydrogen-bond donors (Lipinski definition) is 2. The molecule has 45 heavy (non-hydrogen) atoms. The highest BCUT2D eigenvalue weighted by Gasteiger charge is 2.31. The van der Waals surface area contributed by atoms with E-state index in [1.807, 2.05) is 18.2 Å². The standard InChI is InChI=1S/C35H41FN6O3/c1-5-7-23-16-32-34(44)42(14-13-41(32)30(23)8-6-2)31-18-25(36)17-27(28(31)21-43)29-20-40(4)35(45)33(38-29)37-26-10-9-24-19-39(3)12-11-22(24)15-26/h9-10,15-18,20,43H,5-8,11-14,19,21H2,1-4H3,(H,37,38). The molecule has 0 fully saturated rings. The predicted octanol–water partition coefficient (Wildman–Crippen LogP) is 5.18. The van der Waals surface area contributed by atoms with Crippen LogP contribution >= 0.6 is 0 Å². The third-order valence-electron chi connectivity index (χ3n) is 8.98. The van der Waals surface area contributed by atoms with Crippen molar-refractivity contribution in [1.82, 2.24) is 19.0 Å². The lowest BCUT2D eigenvalue weighted by Crippen LogP contribution is -2.41. The van der Waals surface area contributed by atoms with Crippen LogP contribution in [0.15, 0.2) is 47.4 Å². The number of carbonyl (C=O) groups is 1. The van der Waals surface area contributed by atoms with Crippen molar-refractivity contribution in [2.45, 2.75) is 65.6 Å². The molecule has 0 aliphatic carbocycles. The van der Waals surface area contributed by atoms with Crippen LogP contribution < -0.4 is 15.8 Å². The molecule has 10 heteroatoms. The number of rotatable bonds is 9. The molecule has 4 aromatic rings. The number of anilines is 3. The number of aliphatic hydroxyl groups is 1. The van der Waals surface area contributed by atoms with Gasteiger partial charge in [-0.25, -0.2) is 9.37 Å². The first-order valence-corrected chi connectivity index (χ1v) is 15.8. The third kappa shape index (κ3) is 5.80. The molecular weight excluding hydrogens is 571 g/mol. The predicted molar refractivity (Wildman–Crippen MR) is 175 cm³/mol. The van der Waals surface area contributed by atoms with Crippen LogP contribution in [0.5, 0.6) is 0 Å². The molecule has 2 aromatic heterocycles. The lowest BCUT2D eigenvalue weighted by atomic mass is 9.99. The first kappa shape index (κ1) is 30.7. The van der Waals surface area contributed by atoms with Gasteiger partial charge in [-0.15, -0.1) is 0 Å². The largest absolute Gasteiger partial charge is 0.392 e. The fraction of sp³-hybridized carbons (Fsp3) is 0.400. The van der Waals surface area contributed by atoms with Crippen molar-refractivity contribution in [2.75, 3.05) is 30.4 Å². The summed E-state index contributed by atoms with van der Waals surface area (Å²) in [7, 11) is 3.71. The average molecular weight is 613 g/mol. The van der Waals surface area contributed by atoms with Crippen LogP contribution in [-0.4, -0.2) is 50.2 Å². The highest BCUT2D eigenvalue weighted by molar-refractivity contribution is 6.07. The molecule has 6 rings (SSSR count). The Morgan fingerprint density at radius 2 is 1.78 bits per heavy atom. The highest BCUT2D eigenvalue weighted by atomic mass is 19.1. The molecular formula is C35H41FN6O3. The van der Waals surface area contributed by atoms with Crippen molar-refractivity contribution in [3.05, 3.63) is 92.4 Å². The van der Waals surface area contributed by atoms with Gasteiger partial charge in [-0.2, -0.15) is 0 Å². The summed E-state index contributed by atoms with van der Waals surface area (Å²) < 4.78 is 18.9. The van der Waals surface area contributed by atoms with Crippen LogP contribution in [0, 0.1) is 5.82 Å². The van der Waals surface area contributed by atoms with Gasteiger partial charge in [0.05, 0.1) is 18.0 Å². The number of fused-ring (bicyclic) bond motifs is 2. The van der Waals surface area contributed by atoms with Gasteiger partial charge in [0.2, 0.25) is 0 Å². The lowest BCUT2D eigenvalue weighted by molar-refractivity contribution is 0.0964. The Morgan fingerprint density at radius 1 is 0.978 bits per heavy atom. The second kappa shape index (κ2) is 12.6. The van der Waals surface area contributed by atoms with Crippen LogP contribution in [-0.2, 0) is 46.0 Å². The van der Waals surface area contributed by atoms with E-state index in [1.165, 1.54) is 45.3 Å². The molecule has 2 aliphatic rings. The first-order chi connectivity index (χ1) is 21.7. The summed E-state index contributed by atoms with van der Waals surface area (Å²) in [5, 5.41) is 13.8. The van der Waals surface area contributed by atoms with Crippen molar-refractivity contribution >= 4 is 23.1 Å². The van der Waals surface area contributed by atoms with E-state index >= 15 is 4.39 Å². The van der Waals surface area contributed by atoms with Gasteiger partial charge in [0.25, 0.3) is 11.5 Å². The van der Waals surface area contributed by atoms with Crippen LogP contribution in [0.25, 0.3) is 11.3 Å². The monoisotopic (exact) mass is 612 g/mol. The molecule has 236 valence electrons. The fourth-order valence-corrected chi connectivity index (χ4v) is 6.75. The molecule has 0 radical (unpaired) electrons. The molecule has 4 heterocycles. The van der Waals surface area contributed by atoms with Gasteiger partial charge in [-0.3, -0.25) is 9.59 Å². The van der Waals surface area contributed by atoms with Gasteiger partial charge in [-0.1, -0.05) is 32.8 Å². The summed E-state index contributed by atoms with van der Waals surface area (Å²) in [6.45, 7) is 6.59. The Hall–Kier alpha value is -4.28. The fourth-order valence-electron chi connectivity index (χ4n) is 6.75. The summed E-state index contributed by atoms with van der Waals surface area (Å²) >= 11 is 0. The number of likely N-dealkylation sites (N-methyl/N-ethyl adjacent to an activating group) is 1. The van der Waals surface area contributed by atoms with Gasteiger partial charge in [-0.05, 0) is 73.3 Å². The van der Waals surface area contributed by atoms with Gasteiger partial charge in [0.1, 0.15) is 11.5 Å².